The Labute approximate surface area is 125 Å². The van der Waals surface area contributed by atoms with Crippen molar-refractivity contribution in [2.45, 2.75) is 19.1 Å². The van der Waals surface area contributed by atoms with Gasteiger partial charge in [-0.3, -0.25) is 0 Å². The van der Waals surface area contributed by atoms with Gasteiger partial charge in [0.2, 0.25) is 0 Å². The first kappa shape index (κ1) is 15.5. The maximum Gasteiger partial charge on any atom is 0.416 e. The number of aromatic hydroxyl groups is 1. The number of benzene rings is 2. The van der Waals surface area contributed by atoms with Crippen molar-refractivity contribution in [3.05, 3.63) is 58.6 Å². The van der Waals surface area contributed by atoms with Gasteiger partial charge in [-0.05, 0) is 42.8 Å². The maximum atomic E-state index is 12.7. The Balaban J connectivity index is 2.20. The van der Waals surface area contributed by atoms with Gasteiger partial charge in [0.05, 0.1) is 10.6 Å². The van der Waals surface area contributed by atoms with Gasteiger partial charge in [0.25, 0.3) is 0 Å². The van der Waals surface area contributed by atoms with E-state index in [1.165, 1.54) is 18.2 Å². The van der Waals surface area contributed by atoms with E-state index in [0.717, 1.165) is 12.1 Å². The summed E-state index contributed by atoms with van der Waals surface area (Å²) in [6, 6.07) is 9.34. The molecule has 1 unspecified atom stereocenters. The van der Waals surface area contributed by atoms with Gasteiger partial charge in [0.15, 0.2) is 0 Å². The predicted molar refractivity (Wildman–Crippen MR) is 76.6 cm³/mol. The molecule has 0 aliphatic carbocycles. The Kier molecular flexibility index (Phi) is 4.32. The second kappa shape index (κ2) is 5.85. The molecule has 0 saturated carbocycles. The lowest BCUT2D eigenvalue weighted by atomic mass is 10.0. The summed E-state index contributed by atoms with van der Waals surface area (Å²) in [6.45, 7) is 1.75. The summed E-state index contributed by atoms with van der Waals surface area (Å²) in [7, 11) is 0. The number of alkyl halides is 3. The van der Waals surface area contributed by atoms with Gasteiger partial charge in [-0.1, -0.05) is 23.7 Å². The van der Waals surface area contributed by atoms with E-state index in [1.807, 2.05) is 0 Å². The van der Waals surface area contributed by atoms with Crippen LogP contribution in [0, 0.1) is 0 Å². The average molecular weight is 316 g/mol. The first-order chi connectivity index (χ1) is 9.77. The molecule has 1 atom stereocenters. The first-order valence-electron chi connectivity index (χ1n) is 6.19. The Hall–Kier alpha value is -1.88. The summed E-state index contributed by atoms with van der Waals surface area (Å²) >= 11 is 5.79. The van der Waals surface area contributed by atoms with Crippen molar-refractivity contribution in [3.63, 3.8) is 0 Å². The summed E-state index contributed by atoms with van der Waals surface area (Å²) in [6.07, 6.45) is -4.36. The van der Waals surface area contributed by atoms with Crippen LogP contribution in [0.1, 0.15) is 24.1 Å². The van der Waals surface area contributed by atoms with Crippen LogP contribution >= 0.6 is 11.6 Å². The highest BCUT2D eigenvalue weighted by molar-refractivity contribution is 6.32. The second-order valence-corrected chi connectivity index (χ2v) is 5.06. The van der Waals surface area contributed by atoms with Gasteiger partial charge in [0, 0.05) is 11.7 Å². The molecule has 2 nitrogen and oxygen atoms in total. The first-order valence-corrected chi connectivity index (χ1v) is 6.57. The van der Waals surface area contributed by atoms with Crippen molar-refractivity contribution in [1.82, 2.24) is 0 Å². The lowest BCUT2D eigenvalue weighted by Crippen LogP contribution is -2.10. The normalized spacial score (nSPS) is 13.0. The third-order valence-corrected chi connectivity index (χ3v) is 3.35. The Morgan fingerprint density at radius 3 is 2.48 bits per heavy atom. The molecule has 0 saturated heterocycles. The van der Waals surface area contributed by atoms with E-state index in [2.05, 4.69) is 5.32 Å². The zero-order valence-electron chi connectivity index (χ0n) is 11.1. The number of hydrogen-bond donors (Lipinski definition) is 2. The van der Waals surface area contributed by atoms with E-state index in [9.17, 15) is 18.3 Å². The summed E-state index contributed by atoms with van der Waals surface area (Å²) in [4.78, 5) is 0. The van der Waals surface area contributed by atoms with E-state index in [-0.39, 0.29) is 16.8 Å². The third kappa shape index (κ3) is 3.82. The molecule has 0 amide bonds. The number of halogens is 4. The number of rotatable bonds is 3. The maximum absolute atomic E-state index is 12.7. The molecule has 2 rings (SSSR count). The molecule has 0 heterocycles. The minimum atomic E-state index is -4.36. The number of nitrogens with one attached hydrogen (secondary N) is 1. The fraction of sp³-hybridized carbons (Fsp3) is 0.200. The molecule has 2 N–H and O–H groups in total. The molecule has 0 fully saturated rings. The van der Waals surface area contributed by atoms with Crippen molar-refractivity contribution >= 4 is 17.3 Å². The van der Waals surface area contributed by atoms with Crippen LogP contribution in [0.25, 0.3) is 0 Å². The minimum absolute atomic E-state index is 0.0473. The predicted octanol–water partition coefficient (Wildman–Crippen LogP) is 5.24. The fourth-order valence-corrected chi connectivity index (χ4v) is 2.09. The number of hydrogen-bond acceptors (Lipinski definition) is 2. The standard InChI is InChI=1S/C15H13ClF3NO/c1-9(20-12-5-6-14(21)13(16)8-12)10-3-2-4-11(7-10)15(17,18)19/h2-9,20-21H,1H3. The second-order valence-electron chi connectivity index (χ2n) is 4.66. The molecule has 112 valence electrons. The van der Waals surface area contributed by atoms with Gasteiger partial charge < -0.3 is 10.4 Å². The molecule has 0 spiro atoms. The zero-order valence-corrected chi connectivity index (χ0v) is 11.8. The highest BCUT2D eigenvalue weighted by Gasteiger charge is 2.30. The molecule has 2 aromatic carbocycles. The van der Waals surface area contributed by atoms with Crippen molar-refractivity contribution in [3.8, 4) is 5.75 Å². The van der Waals surface area contributed by atoms with E-state index in [4.69, 9.17) is 11.6 Å². The molecule has 6 heteroatoms. The van der Waals surface area contributed by atoms with Crippen LogP contribution in [0.15, 0.2) is 42.5 Å². The van der Waals surface area contributed by atoms with Crippen LogP contribution in [-0.4, -0.2) is 5.11 Å². The van der Waals surface area contributed by atoms with Gasteiger partial charge in [-0.25, -0.2) is 0 Å². The van der Waals surface area contributed by atoms with Crippen LogP contribution in [0.2, 0.25) is 5.02 Å². The fourth-order valence-electron chi connectivity index (χ4n) is 1.91. The molecule has 0 aliphatic rings. The van der Waals surface area contributed by atoms with Gasteiger partial charge in [0.1, 0.15) is 5.75 Å². The quantitative estimate of drug-likeness (QED) is 0.759. The van der Waals surface area contributed by atoms with E-state index in [1.54, 1.807) is 19.1 Å². The highest BCUT2D eigenvalue weighted by Crippen LogP contribution is 2.32. The molecule has 0 aromatic heterocycles. The van der Waals surface area contributed by atoms with Crippen molar-refractivity contribution in [2.24, 2.45) is 0 Å². The van der Waals surface area contributed by atoms with Crippen LogP contribution in [0.4, 0.5) is 18.9 Å². The summed E-state index contributed by atoms with van der Waals surface area (Å²) in [5, 5.41) is 12.6. The van der Waals surface area contributed by atoms with Crippen molar-refractivity contribution < 1.29 is 18.3 Å². The lowest BCUT2D eigenvalue weighted by molar-refractivity contribution is -0.137. The smallest absolute Gasteiger partial charge is 0.416 e. The van der Waals surface area contributed by atoms with E-state index in [0.29, 0.717) is 11.3 Å². The van der Waals surface area contributed by atoms with Crippen LogP contribution in [0.3, 0.4) is 0 Å². The monoisotopic (exact) mass is 315 g/mol. The Morgan fingerprint density at radius 1 is 1.14 bits per heavy atom. The number of phenols is 1. The Morgan fingerprint density at radius 2 is 1.86 bits per heavy atom. The number of phenolic OH excluding ortho intramolecular Hbond substituents is 1. The summed E-state index contributed by atoms with van der Waals surface area (Å²) < 4.78 is 38.1. The SMILES string of the molecule is CC(Nc1ccc(O)c(Cl)c1)c1cccc(C(F)(F)F)c1. The Bertz CT molecular complexity index is 643. The molecule has 2 aromatic rings. The molecule has 0 bridgehead atoms. The van der Waals surface area contributed by atoms with E-state index >= 15 is 0 Å². The third-order valence-electron chi connectivity index (χ3n) is 3.04. The van der Waals surface area contributed by atoms with Crippen LogP contribution < -0.4 is 5.32 Å². The van der Waals surface area contributed by atoms with Gasteiger partial charge >= 0.3 is 6.18 Å². The zero-order chi connectivity index (χ0) is 15.6. The van der Waals surface area contributed by atoms with Gasteiger partial charge in [-0.15, -0.1) is 0 Å². The molecule has 21 heavy (non-hydrogen) atoms. The average Bonchev–Trinajstić information content (AvgIpc) is 2.42. The summed E-state index contributed by atoms with van der Waals surface area (Å²) in [5.74, 6) is -0.0473. The lowest BCUT2D eigenvalue weighted by Gasteiger charge is -2.17. The summed E-state index contributed by atoms with van der Waals surface area (Å²) in [5.41, 5.74) is 0.439. The molecular weight excluding hydrogens is 303 g/mol. The molecule has 0 aliphatic heterocycles. The largest absolute Gasteiger partial charge is 0.506 e. The van der Waals surface area contributed by atoms with E-state index < -0.39 is 11.7 Å². The van der Waals surface area contributed by atoms with Crippen molar-refractivity contribution in [2.75, 3.05) is 5.32 Å². The minimum Gasteiger partial charge on any atom is -0.506 e. The van der Waals surface area contributed by atoms with Crippen molar-refractivity contribution in [1.29, 1.82) is 0 Å². The topological polar surface area (TPSA) is 32.3 Å². The van der Waals surface area contributed by atoms with Gasteiger partial charge in [-0.2, -0.15) is 13.2 Å². The number of anilines is 1. The highest BCUT2D eigenvalue weighted by atomic mass is 35.5. The molecular formula is C15H13ClF3NO. The van der Waals surface area contributed by atoms with Crippen LogP contribution in [0.5, 0.6) is 5.75 Å². The molecule has 0 radical (unpaired) electrons. The van der Waals surface area contributed by atoms with Crippen LogP contribution in [-0.2, 0) is 6.18 Å².